The Bertz CT molecular complexity index is 1110. The van der Waals surface area contributed by atoms with Gasteiger partial charge in [0.05, 0.1) is 12.1 Å². The maximum absolute atomic E-state index is 15.3. The number of nitrogens with zero attached hydrogens (tertiary/aromatic N) is 8. The predicted octanol–water partition coefficient (Wildman–Crippen LogP) is 3.36. The summed E-state index contributed by atoms with van der Waals surface area (Å²) in [5.41, 5.74) is -0.0200. The van der Waals surface area contributed by atoms with E-state index in [2.05, 4.69) is 29.8 Å². The Morgan fingerprint density at radius 2 is 1.65 bits per heavy atom. The molecule has 2 aliphatic rings. The van der Waals surface area contributed by atoms with Crippen LogP contribution >= 0.6 is 0 Å². The quantitative estimate of drug-likeness (QED) is 0.505. The molecule has 1 saturated heterocycles. The lowest BCUT2D eigenvalue weighted by atomic mass is 10.0. The monoisotopic (exact) mass is 476 g/mol. The van der Waals surface area contributed by atoms with E-state index < -0.39 is 17.9 Å². The molecule has 0 bridgehead atoms. The molecule has 0 aromatic carbocycles. The maximum atomic E-state index is 15.3. The first-order valence-corrected chi connectivity index (χ1v) is 11.1. The molecule has 8 nitrogen and oxygen atoms in total. The Hall–Kier alpha value is -3.15. The molecule has 2 atom stereocenters. The minimum absolute atomic E-state index is 0.0363. The maximum Gasteiger partial charge on any atom is 0.419 e. The summed E-state index contributed by atoms with van der Waals surface area (Å²) in [6.07, 6.45) is 5.35. The highest BCUT2D eigenvalue weighted by Crippen LogP contribution is 2.35. The van der Waals surface area contributed by atoms with Gasteiger partial charge < -0.3 is 4.90 Å². The van der Waals surface area contributed by atoms with E-state index in [1.165, 1.54) is 0 Å². The highest BCUT2D eigenvalue weighted by molar-refractivity contribution is 5.32. The first kappa shape index (κ1) is 22.6. The summed E-state index contributed by atoms with van der Waals surface area (Å²) < 4.78 is 55.4. The van der Waals surface area contributed by atoms with Crippen LogP contribution in [0.2, 0.25) is 0 Å². The molecule has 12 heteroatoms. The summed E-state index contributed by atoms with van der Waals surface area (Å²) in [6, 6.07) is 0.0152. The van der Waals surface area contributed by atoms with E-state index >= 15 is 4.39 Å². The van der Waals surface area contributed by atoms with Gasteiger partial charge in [0, 0.05) is 67.9 Å². The summed E-state index contributed by atoms with van der Waals surface area (Å²) in [4.78, 5) is 24.5. The van der Waals surface area contributed by atoms with Crippen LogP contribution in [0.25, 0.3) is 5.95 Å². The van der Waals surface area contributed by atoms with Gasteiger partial charge in [0.2, 0.25) is 11.9 Å². The lowest BCUT2D eigenvalue weighted by molar-refractivity contribution is -0.138. The molecule has 0 spiro atoms. The highest BCUT2D eigenvalue weighted by Gasteiger charge is 2.41. The first-order valence-electron chi connectivity index (χ1n) is 11.1. The lowest BCUT2D eigenvalue weighted by Crippen LogP contribution is -2.53. The molecule has 2 unspecified atom stereocenters. The molecule has 0 radical (unpaired) electrons. The van der Waals surface area contributed by atoms with Crippen LogP contribution in [0.5, 0.6) is 0 Å². The van der Waals surface area contributed by atoms with Crippen LogP contribution in [-0.2, 0) is 12.7 Å². The molecule has 34 heavy (non-hydrogen) atoms. The van der Waals surface area contributed by atoms with Gasteiger partial charge in [-0.3, -0.25) is 9.47 Å². The van der Waals surface area contributed by atoms with Crippen molar-refractivity contribution in [2.24, 2.45) is 0 Å². The smallest absolute Gasteiger partial charge is 0.338 e. The Kier molecular flexibility index (Phi) is 5.92. The SMILES string of the molecule is Cc1nccn1-c1ncc(CN(C2CC2)C2CCN(c3ncc(C(F)(F)F)cn3)CC2F)cn1. The van der Waals surface area contributed by atoms with Crippen molar-refractivity contribution in [1.29, 1.82) is 0 Å². The van der Waals surface area contributed by atoms with Gasteiger partial charge in [0.1, 0.15) is 12.0 Å². The van der Waals surface area contributed by atoms with E-state index in [0.717, 1.165) is 36.6 Å². The molecule has 2 fully saturated rings. The molecule has 4 heterocycles. The molecule has 0 amide bonds. The van der Waals surface area contributed by atoms with Crippen LogP contribution in [-0.4, -0.2) is 65.7 Å². The predicted molar refractivity (Wildman–Crippen MR) is 115 cm³/mol. The fraction of sp³-hybridized carbons (Fsp3) is 0.500. The molecule has 0 N–H and O–H groups in total. The number of halogens is 4. The van der Waals surface area contributed by atoms with Gasteiger partial charge in [-0.2, -0.15) is 13.2 Å². The molecule has 5 rings (SSSR count). The van der Waals surface area contributed by atoms with Crippen LogP contribution in [0, 0.1) is 6.92 Å². The van der Waals surface area contributed by atoms with Crippen LogP contribution < -0.4 is 4.90 Å². The summed E-state index contributed by atoms with van der Waals surface area (Å²) in [5.74, 6) is 1.44. The molecule has 1 aliphatic carbocycles. The first-order chi connectivity index (χ1) is 16.3. The zero-order chi connectivity index (χ0) is 23.9. The number of aromatic nitrogens is 6. The van der Waals surface area contributed by atoms with Crippen LogP contribution in [0.15, 0.2) is 37.2 Å². The number of alkyl halides is 4. The van der Waals surface area contributed by atoms with Gasteiger partial charge in [-0.05, 0) is 26.2 Å². The molecular weight excluding hydrogens is 452 g/mol. The molecule has 1 saturated carbocycles. The normalized spacial score (nSPS) is 21.3. The Morgan fingerprint density at radius 1 is 0.971 bits per heavy atom. The van der Waals surface area contributed by atoms with Crippen molar-refractivity contribution < 1.29 is 17.6 Å². The fourth-order valence-electron chi connectivity index (χ4n) is 4.36. The Balaban J connectivity index is 1.25. The van der Waals surface area contributed by atoms with Crippen LogP contribution in [0.1, 0.15) is 36.2 Å². The molecule has 180 valence electrons. The minimum atomic E-state index is -4.50. The van der Waals surface area contributed by atoms with Crippen molar-refractivity contribution >= 4 is 5.95 Å². The molecule has 3 aromatic rings. The largest absolute Gasteiger partial charge is 0.419 e. The van der Waals surface area contributed by atoms with Gasteiger partial charge in [-0.15, -0.1) is 0 Å². The van der Waals surface area contributed by atoms with Crippen LogP contribution in [0.3, 0.4) is 0 Å². The Morgan fingerprint density at radius 3 is 2.21 bits per heavy atom. The third-order valence-corrected chi connectivity index (χ3v) is 6.30. The topological polar surface area (TPSA) is 75.9 Å². The number of hydrogen-bond donors (Lipinski definition) is 0. The number of anilines is 1. The average molecular weight is 476 g/mol. The highest BCUT2D eigenvalue weighted by atomic mass is 19.4. The van der Waals surface area contributed by atoms with Crippen molar-refractivity contribution in [2.45, 2.75) is 57.2 Å². The van der Waals surface area contributed by atoms with E-state index in [4.69, 9.17) is 0 Å². The second-order valence-corrected chi connectivity index (χ2v) is 8.73. The zero-order valence-corrected chi connectivity index (χ0v) is 18.5. The van der Waals surface area contributed by atoms with Crippen molar-refractivity contribution in [1.82, 2.24) is 34.4 Å². The number of imidazole rings is 1. The second-order valence-electron chi connectivity index (χ2n) is 8.73. The standard InChI is InChI=1S/C22H24F4N8/c1-14-27-5-7-33(14)21-28-8-15(9-29-21)12-34(17-2-3-17)19-4-6-32(13-18(19)23)20-30-10-16(11-31-20)22(24,25)26/h5,7-11,17-19H,2-4,6,12-13H2,1H3. The zero-order valence-electron chi connectivity index (χ0n) is 18.5. The number of piperidine rings is 1. The van der Waals surface area contributed by atoms with E-state index in [1.807, 2.05) is 6.92 Å². The second kappa shape index (κ2) is 8.90. The fourth-order valence-corrected chi connectivity index (χ4v) is 4.36. The minimum Gasteiger partial charge on any atom is -0.338 e. The van der Waals surface area contributed by atoms with E-state index in [-0.39, 0.29) is 18.5 Å². The summed E-state index contributed by atoms with van der Waals surface area (Å²) in [6.45, 7) is 2.91. The third-order valence-electron chi connectivity index (χ3n) is 6.30. The number of rotatable bonds is 6. The van der Waals surface area contributed by atoms with Gasteiger partial charge >= 0.3 is 6.18 Å². The van der Waals surface area contributed by atoms with Crippen LogP contribution in [0.4, 0.5) is 23.5 Å². The summed E-state index contributed by atoms with van der Waals surface area (Å²) in [7, 11) is 0. The van der Waals surface area contributed by atoms with Gasteiger partial charge in [-0.1, -0.05) is 0 Å². The molecular formula is C22H24F4N8. The Labute approximate surface area is 193 Å². The van der Waals surface area contributed by atoms with Crippen molar-refractivity contribution in [3.8, 4) is 5.95 Å². The average Bonchev–Trinajstić information content (AvgIpc) is 3.58. The van der Waals surface area contributed by atoms with E-state index in [1.54, 1.807) is 34.3 Å². The third kappa shape index (κ3) is 4.72. The van der Waals surface area contributed by atoms with Gasteiger partial charge in [-0.25, -0.2) is 29.3 Å². The summed E-state index contributed by atoms with van der Waals surface area (Å²) in [5, 5.41) is 0. The summed E-state index contributed by atoms with van der Waals surface area (Å²) >= 11 is 0. The number of hydrogen-bond acceptors (Lipinski definition) is 7. The molecule has 3 aromatic heterocycles. The van der Waals surface area contributed by atoms with E-state index in [9.17, 15) is 13.2 Å². The van der Waals surface area contributed by atoms with Crippen molar-refractivity contribution in [2.75, 3.05) is 18.0 Å². The van der Waals surface area contributed by atoms with E-state index in [0.29, 0.717) is 31.5 Å². The van der Waals surface area contributed by atoms with Crippen molar-refractivity contribution in [3.05, 3.63) is 54.1 Å². The lowest BCUT2D eigenvalue weighted by Gasteiger charge is -2.41. The molecule has 1 aliphatic heterocycles. The van der Waals surface area contributed by atoms with Gasteiger partial charge in [0.25, 0.3) is 0 Å². The van der Waals surface area contributed by atoms with Gasteiger partial charge in [0.15, 0.2) is 0 Å². The van der Waals surface area contributed by atoms with Crippen molar-refractivity contribution in [3.63, 3.8) is 0 Å². The number of aryl methyl sites for hydroxylation is 1.